The summed E-state index contributed by atoms with van der Waals surface area (Å²) in [6.07, 6.45) is 2.61. The van der Waals surface area contributed by atoms with Gasteiger partial charge in [-0.1, -0.05) is 24.3 Å². The predicted molar refractivity (Wildman–Crippen MR) is 74.2 cm³/mol. The molecule has 1 aliphatic carbocycles. The van der Waals surface area contributed by atoms with Gasteiger partial charge in [0.2, 0.25) is 0 Å². The first kappa shape index (κ1) is 11.3. The van der Waals surface area contributed by atoms with E-state index in [0.29, 0.717) is 6.04 Å². The van der Waals surface area contributed by atoms with Crippen LogP contribution in [-0.2, 0) is 0 Å². The van der Waals surface area contributed by atoms with E-state index in [1.807, 2.05) is 22.9 Å². The molecule has 0 bridgehead atoms. The fourth-order valence-corrected chi connectivity index (χ4v) is 2.51. The maximum Gasteiger partial charge on any atom is 0.122 e. The smallest absolute Gasteiger partial charge is 0.122 e. The van der Waals surface area contributed by atoms with Crippen molar-refractivity contribution in [3.8, 4) is 11.3 Å². The number of aromatic nitrogens is 2. The number of nitrogens with two attached hydrogens (primary N) is 1. The van der Waals surface area contributed by atoms with E-state index >= 15 is 0 Å². The third-order valence-electron chi connectivity index (χ3n) is 3.88. The summed E-state index contributed by atoms with van der Waals surface area (Å²) in [6, 6.07) is 10.7. The lowest BCUT2D eigenvalue weighted by Gasteiger charge is -2.12. The molecule has 1 aliphatic rings. The lowest BCUT2D eigenvalue weighted by atomic mass is 10.1. The number of nitrogen functional groups attached to an aromatic ring is 1. The van der Waals surface area contributed by atoms with E-state index in [-0.39, 0.29) is 0 Å². The van der Waals surface area contributed by atoms with Gasteiger partial charge in [-0.25, -0.2) is 4.68 Å². The highest BCUT2D eigenvalue weighted by atomic mass is 15.3. The Balaban J connectivity index is 1.99. The van der Waals surface area contributed by atoms with Gasteiger partial charge in [-0.2, -0.15) is 5.10 Å². The zero-order chi connectivity index (χ0) is 12.7. The van der Waals surface area contributed by atoms with E-state index < -0.39 is 0 Å². The number of aryl methyl sites for hydroxylation is 1. The largest absolute Gasteiger partial charge is 0.384 e. The Bertz CT molecular complexity index is 567. The minimum atomic E-state index is 0.419. The molecule has 0 radical (unpaired) electrons. The van der Waals surface area contributed by atoms with Crippen LogP contribution in [0, 0.1) is 12.8 Å². The van der Waals surface area contributed by atoms with E-state index in [1.54, 1.807) is 0 Å². The van der Waals surface area contributed by atoms with Crippen LogP contribution in [0.15, 0.2) is 30.3 Å². The van der Waals surface area contributed by atoms with Gasteiger partial charge in [0.15, 0.2) is 0 Å². The van der Waals surface area contributed by atoms with E-state index in [0.717, 1.165) is 17.4 Å². The van der Waals surface area contributed by atoms with Gasteiger partial charge in [0.25, 0.3) is 0 Å². The quantitative estimate of drug-likeness (QED) is 0.894. The maximum absolute atomic E-state index is 6.10. The highest BCUT2D eigenvalue weighted by Gasteiger charge is 2.30. The lowest BCUT2D eigenvalue weighted by Crippen LogP contribution is -2.11. The highest BCUT2D eigenvalue weighted by molar-refractivity contribution is 5.65. The van der Waals surface area contributed by atoms with Crippen molar-refractivity contribution in [1.82, 2.24) is 9.78 Å². The minimum Gasteiger partial charge on any atom is -0.384 e. The van der Waals surface area contributed by atoms with Crippen LogP contribution < -0.4 is 5.73 Å². The molecule has 3 rings (SSSR count). The second-order valence-electron chi connectivity index (χ2n) is 5.29. The van der Waals surface area contributed by atoms with Gasteiger partial charge in [0.1, 0.15) is 5.82 Å². The van der Waals surface area contributed by atoms with Gasteiger partial charge in [-0.15, -0.1) is 0 Å². The molecule has 1 heterocycles. The molecule has 2 aromatic rings. The van der Waals surface area contributed by atoms with Crippen LogP contribution in [0.4, 0.5) is 5.82 Å². The number of rotatable bonds is 3. The molecule has 1 saturated carbocycles. The number of benzene rings is 1. The monoisotopic (exact) mass is 241 g/mol. The lowest BCUT2D eigenvalue weighted by molar-refractivity contribution is 0.447. The summed E-state index contributed by atoms with van der Waals surface area (Å²) in [5.41, 5.74) is 9.49. The molecule has 0 saturated heterocycles. The molecular formula is C15H19N3. The second-order valence-corrected chi connectivity index (χ2v) is 5.29. The molecule has 1 fully saturated rings. The van der Waals surface area contributed by atoms with Crippen molar-refractivity contribution < 1.29 is 0 Å². The molecule has 1 atom stereocenters. The first-order valence-corrected chi connectivity index (χ1v) is 6.58. The summed E-state index contributed by atoms with van der Waals surface area (Å²) in [6.45, 7) is 4.32. The molecule has 0 amide bonds. The van der Waals surface area contributed by atoms with Crippen molar-refractivity contribution in [2.75, 3.05) is 5.73 Å². The van der Waals surface area contributed by atoms with Crippen LogP contribution in [0.5, 0.6) is 0 Å². The molecular weight excluding hydrogens is 222 g/mol. The fraction of sp³-hybridized carbons (Fsp3) is 0.400. The van der Waals surface area contributed by atoms with Gasteiger partial charge >= 0.3 is 0 Å². The standard InChI is InChI=1S/C15H19N3/c1-10-5-3-4-6-13(10)14-9-15(16)18(17-14)11(2)12-7-8-12/h3-6,9,11-12H,7-8,16H2,1-2H3. The first-order chi connectivity index (χ1) is 8.66. The summed E-state index contributed by atoms with van der Waals surface area (Å²) in [4.78, 5) is 0. The van der Waals surface area contributed by atoms with E-state index in [1.165, 1.54) is 24.0 Å². The molecule has 1 unspecified atom stereocenters. The Morgan fingerprint density at radius 3 is 2.72 bits per heavy atom. The van der Waals surface area contributed by atoms with Crippen molar-refractivity contribution >= 4 is 5.82 Å². The van der Waals surface area contributed by atoms with Gasteiger partial charge < -0.3 is 5.73 Å². The third-order valence-corrected chi connectivity index (χ3v) is 3.88. The minimum absolute atomic E-state index is 0.419. The molecule has 3 heteroatoms. The van der Waals surface area contributed by atoms with Crippen molar-refractivity contribution in [3.63, 3.8) is 0 Å². The molecule has 0 aliphatic heterocycles. The number of hydrogen-bond acceptors (Lipinski definition) is 2. The Hall–Kier alpha value is -1.77. The van der Waals surface area contributed by atoms with Crippen molar-refractivity contribution in [2.45, 2.75) is 32.7 Å². The summed E-state index contributed by atoms with van der Waals surface area (Å²) >= 11 is 0. The molecule has 18 heavy (non-hydrogen) atoms. The molecule has 1 aromatic carbocycles. The summed E-state index contributed by atoms with van der Waals surface area (Å²) in [5.74, 6) is 1.53. The van der Waals surface area contributed by atoms with Crippen LogP contribution in [0.3, 0.4) is 0 Å². The number of anilines is 1. The zero-order valence-electron chi connectivity index (χ0n) is 10.9. The number of nitrogens with zero attached hydrogens (tertiary/aromatic N) is 2. The van der Waals surface area contributed by atoms with Gasteiger partial charge in [-0.3, -0.25) is 0 Å². The normalized spacial score (nSPS) is 16.8. The summed E-state index contributed by atoms with van der Waals surface area (Å²) in [5, 5.41) is 4.69. The van der Waals surface area contributed by atoms with E-state index in [2.05, 4.69) is 26.0 Å². The van der Waals surface area contributed by atoms with Crippen LogP contribution in [0.25, 0.3) is 11.3 Å². The van der Waals surface area contributed by atoms with Gasteiger partial charge in [0, 0.05) is 11.6 Å². The highest BCUT2D eigenvalue weighted by Crippen LogP contribution is 2.40. The molecule has 2 N–H and O–H groups in total. The van der Waals surface area contributed by atoms with Crippen LogP contribution in [0.2, 0.25) is 0 Å². The average molecular weight is 241 g/mol. The third kappa shape index (κ3) is 1.90. The predicted octanol–water partition coefficient (Wildman–Crippen LogP) is 3.41. The molecule has 3 nitrogen and oxygen atoms in total. The molecule has 1 aromatic heterocycles. The Kier molecular flexibility index (Phi) is 2.62. The molecule has 94 valence electrons. The van der Waals surface area contributed by atoms with Crippen molar-refractivity contribution in [3.05, 3.63) is 35.9 Å². The average Bonchev–Trinajstić information content (AvgIpc) is 3.13. The Morgan fingerprint density at radius 1 is 1.33 bits per heavy atom. The van der Waals surface area contributed by atoms with Crippen molar-refractivity contribution in [1.29, 1.82) is 0 Å². The maximum atomic E-state index is 6.10. The van der Waals surface area contributed by atoms with Gasteiger partial charge in [-0.05, 0) is 38.2 Å². The second kappa shape index (κ2) is 4.16. The van der Waals surface area contributed by atoms with E-state index in [9.17, 15) is 0 Å². The van der Waals surface area contributed by atoms with E-state index in [4.69, 9.17) is 10.8 Å². The van der Waals surface area contributed by atoms with Crippen molar-refractivity contribution in [2.24, 2.45) is 5.92 Å². The fourth-order valence-electron chi connectivity index (χ4n) is 2.51. The number of hydrogen-bond donors (Lipinski definition) is 1. The topological polar surface area (TPSA) is 43.8 Å². The van der Waals surface area contributed by atoms with Crippen LogP contribution in [-0.4, -0.2) is 9.78 Å². The Morgan fingerprint density at radius 2 is 2.06 bits per heavy atom. The Labute approximate surface area is 108 Å². The van der Waals surface area contributed by atoms with Crippen LogP contribution in [0.1, 0.15) is 31.4 Å². The SMILES string of the molecule is Cc1ccccc1-c1cc(N)n(C(C)C2CC2)n1. The zero-order valence-corrected chi connectivity index (χ0v) is 10.9. The van der Waals surface area contributed by atoms with Gasteiger partial charge in [0.05, 0.1) is 11.7 Å². The summed E-state index contributed by atoms with van der Waals surface area (Å²) in [7, 11) is 0. The van der Waals surface area contributed by atoms with Crippen LogP contribution >= 0.6 is 0 Å². The molecule has 0 spiro atoms. The first-order valence-electron chi connectivity index (χ1n) is 6.58. The summed E-state index contributed by atoms with van der Waals surface area (Å²) < 4.78 is 1.99.